The fraction of sp³-hybridized carbons (Fsp3) is 0.781. The van der Waals surface area contributed by atoms with Crippen LogP contribution in [0.3, 0.4) is 0 Å². The summed E-state index contributed by atoms with van der Waals surface area (Å²) in [5, 5.41) is 0. The molecule has 0 unspecified atom stereocenters. The van der Waals surface area contributed by atoms with Crippen molar-refractivity contribution in [1.29, 1.82) is 0 Å². The summed E-state index contributed by atoms with van der Waals surface area (Å²) in [5.74, 6) is 2.09. The Morgan fingerprint density at radius 3 is 0.756 bits per heavy atom. The Bertz CT molecular complexity index is 444. The first-order valence-electron chi connectivity index (χ1n) is 13.3. The number of rotatable bonds is 6. The monoisotopic (exact) mass is 851 g/mol. The number of hydrogen-bond acceptors (Lipinski definition) is 4. The molecule has 0 saturated heterocycles. The summed E-state index contributed by atoms with van der Waals surface area (Å²) >= 11 is 1.82. The molecule has 9 heteroatoms. The summed E-state index contributed by atoms with van der Waals surface area (Å²) in [5.41, 5.74) is 0. The normalized spacial score (nSPS) is 14.0. The van der Waals surface area contributed by atoms with Gasteiger partial charge in [0.1, 0.15) is 0 Å². The van der Waals surface area contributed by atoms with Crippen LogP contribution in [0.15, 0.2) is 20.0 Å². The Balaban J connectivity index is -0.0000000368. The zero-order valence-corrected chi connectivity index (χ0v) is 35.6. The number of aliphatic imine (C=N–C) groups is 4. The molecular weight excluding hydrogens is 782 g/mol. The van der Waals surface area contributed by atoms with Gasteiger partial charge in [-0.15, -0.1) is 0 Å². The largest absolute Gasteiger partial charge is 2.00 e. The van der Waals surface area contributed by atoms with Gasteiger partial charge in [0.2, 0.25) is 0 Å². The summed E-state index contributed by atoms with van der Waals surface area (Å²) in [6.07, 6.45) is 18.9. The van der Waals surface area contributed by atoms with Gasteiger partial charge in [-0.25, -0.2) is 0 Å². The molecule has 2 aliphatic rings. The second kappa shape index (κ2) is 54.0. The van der Waals surface area contributed by atoms with E-state index >= 15 is 0 Å². The fourth-order valence-corrected chi connectivity index (χ4v) is 3.10. The van der Waals surface area contributed by atoms with Crippen LogP contribution in [0.25, 0.3) is 0 Å². The van der Waals surface area contributed by atoms with Crippen LogP contribution in [0.2, 0.25) is 0 Å². The molecule has 0 heterocycles. The maximum atomic E-state index is 4.57. The van der Waals surface area contributed by atoms with Crippen LogP contribution < -0.4 is 17.0 Å². The third-order valence-electron chi connectivity index (χ3n) is 4.96. The van der Waals surface area contributed by atoms with Gasteiger partial charge >= 0.3 is 69.5 Å². The predicted molar refractivity (Wildman–Crippen MR) is 187 cm³/mol. The minimum atomic E-state index is 0. The summed E-state index contributed by atoms with van der Waals surface area (Å²) in [4.78, 5) is 16.5. The van der Waals surface area contributed by atoms with E-state index in [-0.39, 0.29) is 89.2 Å². The Kier molecular flexibility index (Phi) is 91.2. The van der Waals surface area contributed by atoms with Crippen LogP contribution in [0.1, 0.15) is 128 Å². The van der Waals surface area contributed by atoms with Crippen LogP contribution in [-0.2, 0) is 36.8 Å². The van der Waals surface area contributed by atoms with Crippen molar-refractivity contribution >= 4 is 57.6 Å². The van der Waals surface area contributed by atoms with E-state index < -0.39 is 0 Å². The van der Waals surface area contributed by atoms with E-state index in [0.29, 0.717) is 24.2 Å². The van der Waals surface area contributed by atoms with E-state index in [1.165, 1.54) is 51.4 Å². The summed E-state index contributed by atoms with van der Waals surface area (Å²) in [6, 6.07) is 1.49. The summed E-state index contributed by atoms with van der Waals surface area (Å²) < 4.78 is 0. The molecule has 0 atom stereocenters. The minimum Gasteiger partial charge on any atom is 1.00 e. The summed E-state index contributed by atoms with van der Waals surface area (Å²) in [7, 11) is 4.57. The van der Waals surface area contributed by atoms with Gasteiger partial charge in [0, 0.05) is 49.0 Å². The molecule has 0 bridgehead atoms. The van der Waals surface area contributed by atoms with Crippen LogP contribution in [-0.4, -0.2) is 72.1 Å². The molecule has 2 saturated carbocycles. The third kappa shape index (κ3) is 74.4. The maximum Gasteiger partial charge on any atom is 2.00 e. The molecule has 4 nitrogen and oxygen atoms in total. The fourth-order valence-electron chi connectivity index (χ4n) is 3.10. The van der Waals surface area contributed by atoms with Crippen molar-refractivity contribution in [3.63, 3.8) is 0 Å². The Labute approximate surface area is 314 Å². The molecule has 1 radical (unpaired) electrons. The van der Waals surface area contributed by atoms with Crippen LogP contribution in [0.5, 0.6) is 0 Å². The Hall–Kier alpha value is 1.46. The average molecular weight is 852 g/mol. The summed E-state index contributed by atoms with van der Waals surface area (Å²) in [6.45, 7) is 21.0. The zero-order chi connectivity index (χ0) is 26.8. The Morgan fingerprint density at radius 1 is 0.537 bits per heavy atom. The maximum absolute atomic E-state index is 4.57. The predicted octanol–water partition coefficient (Wildman–Crippen LogP) is 7.58. The van der Waals surface area contributed by atoms with Crippen molar-refractivity contribution in [2.24, 2.45) is 31.8 Å². The van der Waals surface area contributed by atoms with Crippen LogP contribution in [0, 0.1) is 34.1 Å². The number of hydrogen-bond donors (Lipinski definition) is 0. The number of halogens is 2. The SMILES string of the molecule is C.CC(C)N=CC=NC(C)C.CC(C)N=CC=NC(C)C.CC1CCCC1.CC1CCCC1.[Br-].[CH3-].[CH3-].[CH3-].[Cl][Ru+].[Mg+2].[Ru+]. The molecule has 41 heavy (non-hydrogen) atoms. The van der Waals surface area contributed by atoms with E-state index in [1.807, 2.05) is 72.7 Å². The second-order valence-corrected chi connectivity index (χ2v) is 10.3. The van der Waals surface area contributed by atoms with Gasteiger partial charge in [0.05, 0.1) is 0 Å². The van der Waals surface area contributed by atoms with Crippen molar-refractivity contribution in [3.05, 3.63) is 22.3 Å². The number of nitrogens with zero attached hydrogens (tertiary/aromatic N) is 4. The van der Waals surface area contributed by atoms with Crippen molar-refractivity contribution in [3.8, 4) is 0 Å². The Morgan fingerprint density at radius 2 is 0.683 bits per heavy atom. The van der Waals surface area contributed by atoms with Gasteiger partial charge in [0.25, 0.3) is 0 Å². The quantitative estimate of drug-likeness (QED) is 0.151. The molecule has 249 valence electrons. The van der Waals surface area contributed by atoms with E-state index in [1.54, 1.807) is 24.9 Å². The first-order valence-corrected chi connectivity index (χ1v) is 15.5. The van der Waals surface area contributed by atoms with Crippen LogP contribution >= 0.6 is 9.69 Å². The van der Waals surface area contributed by atoms with Crippen molar-refractivity contribution < 1.29 is 53.8 Å². The molecule has 0 spiro atoms. The molecule has 0 amide bonds. The first-order chi connectivity index (χ1) is 16.0. The smallest absolute Gasteiger partial charge is 1.00 e. The van der Waals surface area contributed by atoms with Gasteiger partial charge < -0.3 is 39.3 Å². The van der Waals surface area contributed by atoms with Gasteiger partial charge in [-0.05, 0) is 67.2 Å². The standard InChI is InChI=1S/2C8H16N2.2C6H12.CH4.3CH3.BrH.ClH.Mg.2Ru/c2*1-7(2)9-5-6-10-8(3)4;2*1-6-4-2-3-5-6;;;;;;;;;/h2*5-8H,1-4H3;2*6H,2-5H2,1H3;1H4;3*1H3;2*1H;;;/q;;;;;3*-1;;;+2;+1;+2/p-2. The van der Waals surface area contributed by atoms with Crippen LogP contribution in [0.4, 0.5) is 0 Å². The first kappa shape index (κ1) is 69.3. The van der Waals surface area contributed by atoms with E-state index in [4.69, 9.17) is 0 Å². The topological polar surface area (TPSA) is 49.4 Å². The van der Waals surface area contributed by atoms with Gasteiger partial charge in [0.15, 0.2) is 0 Å². The average Bonchev–Trinajstić information content (AvgIpc) is 3.44. The molecule has 2 aliphatic carbocycles. The van der Waals surface area contributed by atoms with Crippen molar-refractivity contribution in [2.75, 3.05) is 0 Å². The van der Waals surface area contributed by atoms with E-state index in [0.717, 1.165) is 11.8 Å². The van der Waals surface area contributed by atoms with E-state index in [9.17, 15) is 0 Å². The van der Waals surface area contributed by atoms with Gasteiger partial charge in [-0.3, -0.25) is 20.0 Å². The zero-order valence-electron chi connectivity index (χ0n) is 28.4. The molecule has 0 aromatic rings. The van der Waals surface area contributed by atoms with Gasteiger partial charge in [-0.2, -0.15) is 0 Å². The van der Waals surface area contributed by atoms with Gasteiger partial charge in [-0.1, -0.05) is 72.6 Å². The molecule has 2 rings (SSSR count). The molecule has 0 aliphatic heterocycles. The molecule has 0 N–H and O–H groups in total. The third-order valence-corrected chi connectivity index (χ3v) is 4.96. The molecular formula is C32H69BrClMgN4Ru2. The van der Waals surface area contributed by atoms with Crippen molar-refractivity contribution in [1.82, 2.24) is 0 Å². The molecule has 0 aromatic carbocycles. The molecule has 0 aromatic heterocycles. The molecule has 2 fully saturated rings. The van der Waals surface area contributed by atoms with Crippen molar-refractivity contribution in [2.45, 2.75) is 152 Å². The van der Waals surface area contributed by atoms with E-state index in [2.05, 4.69) is 43.5 Å². The minimum absolute atomic E-state index is 0. The second-order valence-electron chi connectivity index (χ2n) is 10.3.